The van der Waals surface area contributed by atoms with E-state index in [0.29, 0.717) is 51.5 Å². The lowest BCUT2D eigenvalue weighted by Crippen LogP contribution is -2.64. The maximum atomic E-state index is 14.7. The largest absolute Gasteiger partial charge is 0.394 e. The molecule has 8 amide bonds. The Balaban J connectivity index is 1.62. The number of Topliss-reactive ketones (excluding diaryl/α,β-unsaturated/α-hetero) is 2. The van der Waals surface area contributed by atoms with Crippen molar-refractivity contribution < 1.29 is 165 Å². The summed E-state index contributed by atoms with van der Waals surface area (Å²) in [6.45, 7) is 8.41. The number of hydrogen-bond donors (Lipinski definition) is 17. The third kappa shape index (κ3) is 52.0. The summed E-state index contributed by atoms with van der Waals surface area (Å²) in [6, 6.07) is -5.41. The minimum atomic E-state index is -1.48. The number of aliphatic hydroxyl groups excluding tert-OH is 9. The Hall–Kier alpha value is -5.86. The third-order valence-electron chi connectivity index (χ3n) is 21.3. The lowest BCUT2D eigenvalue weighted by atomic mass is 9.90. The van der Waals surface area contributed by atoms with Gasteiger partial charge in [0, 0.05) is 65.1 Å². The molecule has 0 aromatic carbocycles. The van der Waals surface area contributed by atoms with Crippen LogP contribution in [0.3, 0.4) is 0 Å². The molecule has 3 saturated heterocycles. The molecule has 42 heteroatoms. The Morgan fingerprint density at radius 2 is 0.641 bits per heavy atom. The normalized spacial score (nSPS) is 23.0. The van der Waals surface area contributed by atoms with Crippen LogP contribution in [0.5, 0.6) is 0 Å². The van der Waals surface area contributed by atoms with Crippen LogP contribution < -0.4 is 42.5 Å². The molecule has 0 saturated carbocycles. The van der Waals surface area contributed by atoms with Gasteiger partial charge < -0.3 is 160 Å². The zero-order chi connectivity index (χ0) is 94.1. The third-order valence-corrected chi connectivity index (χ3v) is 21.3. The molecule has 0 spiro atoms. The standard InChI is InChI=1S/C86H156N8O34/c1-7-8-9-10-11-12-13-14-15-16-17-18-19-29-69(102)87-30-25-22-28-64(76(106)58(2)3)94-83(113)62(26-20-23-31-88-70(103)55-120-42-39-114-33-36-117-45-48-123-84-73(90-59(4)98)80(110)77(107)66(52-95)126-84)51-65(101)63(93-72(105)57-122-44-41-116-35-38-119-47-50-125-86-75(92-61(6)100)82(112)79(109)68(54-97)128-86)27-21-24-32-89-71(104)56-121-43-40-115-34-37-118-46-49-124-85-74(91-60(5)99)81(111)78(108)67(53-96)127-85/h58,62-64,66-68,73-75,77-82,84-86,95-97,107-112H,7-57H2,1-6H3,(H,87,102)(H,88,103)(H,89,104)(H,90,98)(H,91,99)(H,92,100)(H,93,105)(H,94,113)/t62-,63+,64+,66-,67-,68-,73-,74-,75-,77+,78+,79+,80-,81-,82-,84-,85-,86-/m1/s1. The van der Waals surface area contributed by atoms with E-state index in [4.69, 9.17) is 71.1 Å². The summed E-state index contributed by atoms with van der Waals surface area (Å²) < 4.78 is 83.5. The van der Waals surface area contributed by atoms with Crippen molar-refractivity contribution in [2.75, 3.05) is 178 Å². The number of aliphatic hydroxyl groups is 9. The van der Waals surface area contributed by atoms with Crippen LogP contribution in [0.4, 0.5) is 0 Å². The van der Waals surface area contributed by atoms with E-state index in [-0.39, 0.29) is 183 Å². The molecule has 128 heavy (non-hydrogen) atoms. The highest BCUT2D eigenvalue weighted by atomic mass is 16.7. The molecule has 3 heterocycles. The first-order valence-corrected chi connectivity index (χ1v) is 45.9. The van der Waals surface area contributed by atoms with E-state index in [2.05, 4.69) is 49.5 Å². The van der Waals surface area contributed by atoms with Crippen molar-refractivity contribution in [3.05, 3.63) is 0 Å². The maximum absolute atomic E-state index is 14.7. The predicted octanol–water partition coefficient (Wildman–Crippen LogP) is -1.87. The molecule has 0 aliphatic carbocycles. The first-order valence-electron chi connectivity index (χ1n) is 45.9. The van der Waals surface area contributed by atoms with E-state index in [0.717, 1.165) is 25.7 Å². The van der Waals surface area contributed by atoms with Gasteiger partial charge in [0.2, 0.25) is 47.3 Å². The van der Waals surface area contributed by atoms with Gasteiger partial charge in [-0.05, 0) is 57.8 Å². The average Bonchev–Trinajstić information content (AvgIpc) is 0.818. The Morgan fingerprint density at radius 1 is 0.336 bits per heavy atom. The summed E-state index contributed by atoms with van der Waals surface area (Å²) in [4.78, 5) is 131. The molecule has 18 atom stereocenters. The first-order chi connectivity index (χ1) is 61.7. The quantitative estimate of drug-likeness (QED) is 0.0297. The van der Waals surface area contributed by atoms with Crippen molar-refractivity contribution in [3.63, 3.8) is 0 Å². The van der Waals surface area contributed by atoms with Crippen molar-refractivity contribution in [1.29, 1.82) is 0 Å². The van der Waals surface area contributed by atoms with Crippen molar-refractivity contribution >= 4 is 58.8 Å². The van der Waals surface area contributed by atoms with Gasteiger partial charge in [-0.3, -0.25) is 47.9 Å². The van der Waals surface area contributed by atoms with E-state index < -0.39 is 189 Å². The molecule has 744 valence electrons. The van der Waals surface area contributed by atoms with Gasteiger partial charge in [-0.25, -0.2) is 0 Å². The van der Waals surface area contributed by atoms with Gasteiger partial charge >= 0.3 is 0 Å². The smallest absolute Gasteiger partial charge is 0.246 e. The van der Waals surface area contributed by atoms with Gasteiger partial charge in [-0.2, -0.15) is 0 Å². The van der Waals surface area contributed by atoms with Crippen LogP contribution in [0.2, 0.25) is 0 Å². The summed E-state index contributed by atoms with van der Waals surface area (Å²) in [6.07, 6.45) is 2.64. The summed E-state index contributed by atoms with van der Waals surface area (Å²) in [5.74, 6) is -5.84. The highest BCUT2D eigenvalue weighted by Crippen LogP contribution is 2.27. The highest BCUT2D eigenvalue weighted by molar-refractivity contribution is 5.95. The van der Waals surface area contributed by atoms with Crippen LogP contribution in [0.25, 0.3) is 0 Å². The number of rotatable bonds is 79. The molecule has 17 N–H and O–H groups in total. The van der Waals surface area contributed by atoms with Crippen LogP contribution in [0, 0.1) is 11.8 Å². The minimum Gasteiger partial charge on any atom is -0.394 e. The van der Waals surface area contributed by atoms with Gasteiger partial charge in [-0.1, -0.05) is 104 Å². The number of carbonyl (C=O) groups is 10. The molecule has 0 radical (unpaired) electrons. The Bertz CT molecular complexity index is 3000. The van der Waals surface area contributed by atoms with E-state index in [1.165, 1.54) is 78.6 Å². The molecule has 3 aliphatic heterocycles. The molecule has 3 rings (SSSR count). The molecule has 0 aromatic heterocycles. The van der Waals surface area contributed by atoms with Crippen molar-refractivity contribution in [2.45, 2.75) is 300 Å². The van der Waals surface area contributed by atoms with Crippen LogP contribution in [-0.2, 0) is 119 Å². The molecule has 3 aliphatic rings. The zero-order valence-corrected chi connectivity index (χ0v) is 76.3. The van der Waals surface area contributed by atoms with Crippen molar-refractivity contribution in [3.8, 4) is 0 Å². The molecule has 42 nitrogen and oxygen atoms in total. The average molecular weight is 1850 g/mol. The SMILES string of the molecule is CCCCCCCCCCCCCCCC(=O)NCCCC[C@H](NC(=O)[C@H](CCCCNC(=O)COCCOCCOCCO[C@@H]1O[C@H](CO)[C@H](O)[C@H](O)[C@H]1NC(C)=O)CC(=O)[C@H](CCCCNC(=O)COCCOCCOCCO[C@@H]1O[C@H](CO)[C@H](O)[C@H](O)[C@H]1NC(C)=O)NC(=O)COCCOCCOCCO[C@@H]1O[C@H](CO)[C@H](O)[C@H](O)[C@H]1NC(C)=O)C(=O)C(C)C. The second-order valence-electron chi connectivity index (χ2n) is 32.4. The van der Waals surface area contributed by atoms with Crippen LogP contribution in [0.1, 0.15) is 196 Å². The fourth-order valence-corrected chi connectivity index (χ4v) is 14.2. The van der Waals surface area contributed by atoms with Gasteiger partial charge in [0.05, 0.1) is 151 Å². The highest BCUT2D eigenvalue weighted by Gasteiger charge is 2.48. The Morgan fingerprint density at radius 3 is 0.977 bits per heavy atom. The number of ether oxygens (including phenoxy) is 15. The number of hydrogen-bond acceptors (Lipinski definition) is 34. The molecule has 0 aromatic rings. The van der Waals surface area contributed by atoms with E-state index >= 15 is 0 Å². The van der Waals surface area contributed by atoms with Crippen LogP contribution in [0.15, 0.2) is 0 Å². The topological polar surface area (TPSA) is 587 Å². The molecular weight excluding hydrogens is 1690 g/mol. The number of amides is 8. The number of carbonyl (C=O) groups excluding carboxylic acids is 10. The van der Waals surface area contributed by atoms with E-state index in [9.17, 15) is 93.9 Å². The molecule has 0 unspecified atom stereocenters. The number of ketones is 2. The van der Waals surface area contributed by atoms with Gasteiger partial charge in [0.1, 0.15) is 92.9 Å². The van der Waals surface area contributed by atoms with E-state index in [1.807, 2.05) is 0 Å². The second kappa shape index (κ2) is 72.6. The molecule has 0 bridgehead atoms. The fourth-order valence-electron chi connectivity index (χ4n) is 14.2. The molecule has 3 fully saturated rings. The van der Waals surface area contributed by atoms with Gasteiger partial charge in [0.15, 0.2) is 30.4 Å². The summed E-state index contributed by atoms with van der Waals surface area (Å²) in [5, 5.41) is 113. The van der Waals surface area contributed by atoms with Crippen molar-refractivity contribution in [2.24, 2.45) is 11.8 Å². The summed E-state index contributed by atoms with van der Waals surface area (Å²) >= 11 is 0. The summed E-state index contributed by atoms with van der Waals surface area (Å²) in [7, 11) is 0. The number of nitrogens with one attached hydrogen (secondary N) is 8. The Kier molecular flexibility index (Phi) is 66.0. The number of unbranched alkanes of at least 4 members (excludes halogenated alkanes) is 15. The lowest BCUT2D eigenvalue weighted by molar-refractivity contribution is -0.272. The van der Waals surface area contributed by atoms with Gasteiger partial charge in [0.25, 0.3) is 0 Å². The first kappa shape index (κ1) is 116. The lowest BCUT2D eigenvalue weighted by Gasteiger charge is -2.42. The van der Waals surface area contributed by atoms with Crippen LogP contribution in [-0.4, -0.2) is 387 Å². The monoisotopic (exact) mass is 1850 g/mol. The van der Waals surface area contributed by atoms with Gasteiger partial charge in [-0.15, -0.1) is 0 Å². The minimum absolute atomic E-state index is 0.0259. The van der Waals surface area contributed by atoms with Crippen LogP contribution >= 0.6 is 0 Å². The molecular formula is C86H156N8O34. The maximum Gasteiger partial charge on any atom is 0.246 e. The fraction of sp³-hybridized carbons (Fsp3) is 0.884. The Labute approximate surface area is 753 Å². The summed E-state index contributed by atoms with van der Waals surface area (Å²) in [5.41, 5.74) is 0. The van der Waals surface area contributed by atoms with Crippen molar-refractivity contribution in [1.82, 2.24) is 42.5 Å². The predicted molar refractivity (Wildman–Crippen MR) is 459 cm³/mol. The second-order valence-corrected chi connectivity index (χ2v) is 32.4. The van der Waals surface area contributed by atoms with E-state index in [1.54, 1.807) is 13.8 Å². The zero-order valence-electron chi connectivity index (χ0n) is 76.3.